The Morgan fingerprint density at radius 3 is 2.47 bits per heavy atom. The molecule has 17 heavy (non-hydrogen) atoms. The lowest BCUT2D eigenvalue weighted by Crippen LogP contribution is -2.39. The van der Waals surface area contributed by atoms with E-state index in [1.54, 1.807) is 13.8 Å². The van der Waals surface area contributed by atoms with Crippen molar-refractivity contribution in [2.45, 2.75) is 19.9 Å². The number of amides is 1. The molecule has 0 saturated heterocycles. The number of hydrogen-bond donors (Lipinski definition) is 2. The van der Waals surface area contributed by atoms with E-state index in [1.807, 2.05) is 0 Å². The molecule has 4 N–H and O–H groups in total. The number of carbonyl (C=O) groups excluding carboxylic acids is 1. The first-order valence-electron chi connectivity index (χ1n) is 5.13. The molecule has 1 amide bonds. The number of hydrogen-bond acceptors (Lipinski definition) is 3. The standard InChI is InChI=1S/C11H15F2N3O/c1-6(2)16(5-9(15)17)11-8(14)4-3-7(12)10(11)13/h3-4,6H,5,14H2,1-2H3,(H2,15,17). The molecule has 6 heteroatoms. The molecule has 0 fully saturated rings. The van der Waals surface area contributed by atoms with E-state index in [4.69, 9.17) is 11.5 Å². The van der Waals surface area contributed by atoms with Crippen molar-refractivity contribution in [1.82, 2.24) is 0 Å². The van der Waals surface area contributed by atoms with Crippen molar-refractivity contribution in [1.29, 1.82) is 0 Å². The molecule has 4 nitrogen and oxygen atoms in total. The number of benzene rings is 1. The maximum Gasteiger partial charge on any atom is 0.236 e. The lowest BCUT2D eigenvalue weighted by Gasteiger charge is -2.29. The highest BCUT2D eigenvalue weighted by atomic mass is 19.2. The van der Waals surface area contributed by atoms with Crippen LogP contribution in [0.25, 0.3) is 0 Å². The van der Waals surface area contributed by atoms with E-state index < -0.39 is 17.5 Å². The predicted molar refractivity (Wildman–Crippen MR) is 62.4 cm³/mol. The summed E-state index contributed by atoms with van der Waals surface area (Å²) in [5.41, 5.74) is 10.6. The van der Waals surface area contributed by atoms with Crippen LogP contribution in [0.15, 0.2) is 12.1 Å². The van der Waals surface area contributed by atoms with Gasteiger partial charge in [0.05, 0.1) is 12.2 Å². The van der Waals surface area contributed by atoms with Crippen LogP contribution in [0.4, 0.5) is 20.2 Å². The Hall–Kier alpha value is -1.85. The van der Waals surface area contributed by atoms with Crippen LogP contribution in [-0.2, 0) is 4.79 Å². The monoisotopic (exact) mass is 243 g/mol. The summed E-state index contributed by atoms with van der Waals surface area (Å²) in [7, 11) is 0. The first-order valence-corrected chi connectivity index (χ1v) is 5.13. The lowest BCUT2D eigenvalue weighted by atomic mass is 10.2. The van der Waals surface area contributed by atoms with Gasteiger partial charge in [-0.15, -0.1) is 0 Å². The van der Waals surface area contributed by atoms with Crippen LogP contribution in [0, 0.1) is 11.6 Å². The summed E-state index contributed by atoms with van der Waals surface area (Å²) in [6, 6.07) is 1.96. The summed E-state index contributed by atoms with van der Waals surface area (Å²) >= 11 is 0. The first kappa shape index (κ1) is 13.2. The van der Waals surface area contributed by atoms with Gasteiger partial charge in [0.1, 0.15) is 5.69 Å². The van der Waals surface area contributed by atoms with Crippen LogP contribution in [0.1, 0.15) is 13.8 Å². The normalized spacial score (nSPS) is 10.6. The van der Waals surface area contributed by atoms with Gasteiger partial charge >= 0.3 is 0 Å². The van der Waals surface area contributed by atoms with Gasteiger partial charge in [0.2, 0.25) is 5.91 Å². The smallest absolute Gasteiger partial charge is 0.236 e. The third-order valence-electron chi connectivity index (χ3n) is 2.34. The molecule has 0 bridgehead atoms. The molecule has 0 radical (unpaired) electrons. The fraction of sp³-hybridized carbons (Fsp3) is 0.364. The number of anilines is 2. The molecule has 1 rings (SSSR count). The van der Waals surface area contributed by atoms with Crippen molar-refractivity contribution in [2.24, 2.45) is 5.73 Å². The molecule has 0 saturated carbocycles. The minimum absolute atomic E-state index is 0.0684. The van der Waals surface area contributed by atoms with Gasteiger partial charge in [-0.25, -0.2) is 8.78 Å². The Labute approximate surface area is 98.2 Å². The van der Waals surface area contributed by atoms with E-state index in [2.05, 4.69) is 0 Å². The summed E-state index contributed by atoms with van der Waals surface area (Å²) in [4.78, 5) is 12.2. The zero-order valence-electron chi connectivity index (χ0n) is 9.71. The third-order valence-corrected chi connectivity index (χ3v) is 2.34. The van der Waals surface area contributed by atoms with Gasteiger partial charge in [0.15, 0.2) is 11.6 Å². The number of nitrogens with zero attached hydrogens (tertiary/aromatic N) is 1. The second-order valence-corrected chi connectivity index (χ2v) is 3.99. The van der Waals surface area contributed by atoms with Gasteiger partial charge in [-0.1, -0.05) is 0 Å². The van der Waals surface area contributed by atoms with E-state index in [9.17, 15) is 13.6 Å². The van der Waals surface area contributed by atoms with Crippen molar-refractivity contribution in [3.8, 4) is 0 Å². The second kappa shape index (κ2) is 4.99. The molecule has 1 aromatic rings. The van der Waals surface area contributed by atoms with Crippen molar-refractivity contribution in [3.05, 3.63) is 23.8 Å². The topological polar surface area (TPSA) is 72.3 Å². The third kappa shape index (κ3) is 2.83. The Kier molecular flexibility index (Phi) is 3.88. The molecule has 0 heterocycles. The maximum atomic E-state index is 13.7. The van der Waals surface area contributed by atoms with Crippen LogP contribution < -0.4 is 16.4 Å². The Bertz CT molecular complexity index is 435. The fourth-order valence-electron chi connectivity index (χ4n) is 1.53. The zero-order chi connectivity index (χ0) is 13.2. The Morgan fingerprint density at radius 1 is 1.41 bits per heavy atom. The quantitative estimate of drug-likeness (QED) is 0.782. The minimum Gasteiger partial charge on any atom is -0.397 e. The van der Waals surface area contributed by atoms with Crippen LogP contribution in [0.3, 0.4) is 0 Å². The number of nitrogens with two attached hydrogens (primary N) is 2. The second-order valence-electron chi connectivity index (χ2n) is 3.99. The molecule has 1 aromatic carbocycles. The highest BCUT2D eigenvalue weighted by Crippen LogP contribution is 2.29. The average molecular weight is 243 g/mol. The highest BCUT2D eigenvalue weighted by Gasteiger charge is 2.21. The van der Waals surface area contributed by atoms with Crippen LogP contribution in [0.2, 0.25) is 0 Å². The van der Waals surface area contributed by atoms with E-state index >= 15 is 0 Å². The molecular weight excluding hydrogens is 228 g/mol. The van der Waals surface area contributed by atoms with Crippen LogP contribution in [0.5, 0.6) is 0 Å². The number of primary amides is 1. The zero-order valence-corrected chi connectivity index (χ0v) is 9.71. The van der Waals surface area contributed by atoms with Crippen molar-refractivity contribution >= 4 is 17.3 Å². The van der Waals surface area contributed by atoms with Gasteiger partial charge in [0, 0.05) is 6.04 Å². The van der Waals surface area contributed by atoms with E-state index in [1.165, 1.54) is 11.0 Å². The largest absolute Gasteiger partial charge is 0.397 e. The summed E-state index contributed by atoms with van der Waals surface area (Å²) < 4.78 is 26.8. The molecule has 0 unspecified atom stereocenters. The SMILES string of the molecule is CC(C)N(CC(N)=O)c1c(N)ccc(F)c1F. The molecule has 0 aliphatic heterocycles. The van der Waals surface area contributed by atoms with Crippen LogP contribution in [-0.4, -0.2) is 18.5 Å². The van der Waals surface area contributed by atoms with E-state index in [0.29, 0.717) is 0 Å². The minimum atomic E-state index is -1.07. The van der Waals surface area contributed by atoms with Gasteiger partial charge in [-0.05, 0) is 26.0 Å². The fourth-order valence-corrected chi connectivity index (χ4v) is 1.53. The summed E-state index contributed by atoms with van der Waals surface area (Å²) in [6.07, 6.45) is 0. The predicted octanol–water partition coefficient (Wildman–Crippen LogP) is 1.25. The highest BCUT2D eigenvalue weighted by molar-refractivity contribution is 5.82. The number of halogens is 2. The van der Waals surface area contributed by atoms with Gasteiger partial charge in [-0.3, -0.25) is 4.79 Å². The molecule has 0 spiro atoms. The molecule has 0 aromatic heterocycles. The number of carbonyl (C=O) groups is 1. The Morgan fingerprint density at radius 2 is 2.00 bits per heavy atom. The maximum absolute atomic E-state index is 13.7. The van der Waals surface area contributed by atoms with Gasteiger partial charge < -0.3 is 16.4 Å². The molecule has 0 atom stereocenters. The van der Waals surface area contributed by atoms with Gasteiger partial charge in [-0.2, -0.15) is 0 Å². The summed E-state index contributed by atoms with van der Waals surface area (Å²) in [6.45, 7) is 3.24. The molecule has 0 aliphatic carbocycles. The molecule has 94 valence electrons. The Balaban J connectivity index is 3.27. The van der Waals surface area contributed by atoms with E-state index in [-0.39, 0.29) is 24.0 Å². The lowest BCUT2D eigenvalue weighted by molar-refractivity contribution is -0.116. The number of rotatable bonds is 4. The van der Waals surface area contributed by atoms with Crippen molar-refractivity contribution in [3.63, 3.8) is 0 Å². The summed E-state index contributed by atoms with van der Waals surface area (Å²) in [5, 5.41) is 0. The van der Waals surface area contributed by atoms with Gasteiger partial charge in [0.25, 0.3) is 0 Å². The molecular formula is C11H15F2N3O. The summed E-state index contributed by atoms with van der Waals surface area (Å²) in [5.74, 6) is -2.72. The van der Waals surface area contributed by atoms with E-state index in [0.717, 1.165) is 6.07 Å². The van der Waals surface area contributed by atoms with Crippen molar-refractivity contribution < 1.29 is 13.6 Å². The van der Waals surface area contributed by atoms with Crippen LogP contribution >= 0.6 is 0 Å². The molecule has 0 aliphatic rings. The van der Waals surface area contributed by atoms with Crippen molar-refractivity contribution in [2.75, 3.05) is 17.2 Å². The average Bonchev–Trinajstić information content (AvgIpc) is 2.22. The number of nitrogen functional groups attached to an aromatic ring is 1. The first-order chi connectivity index (χ1) is 7.84.